The van der Waals surface area contributed by atoms with E-state index in [1.165, 1.54) is 12.7 Å². The number of carbonyl (C=O) groups excluding carboxylic acids is 1. The number of anilines is 1. The lowest BCUT2D eigenvalue weighted by molar-refractivity contribution is 0.0598. The molecule has 0 spiro atoms. The maximum Gasteiger partial charge on any atom is 0.338 e. The zero-order chi connectivity index (χ0) is 17.6. The zero-order valence-corrected chi connectivity index (χ0v) is 15.8. The standard InChI is InChI=1S/C21H20BrNO2/c1-12-6-11-17(21(24)25-2)18-15-4-3-5-16(15)20(23-19(12)18)13-7-9-14(22)10-8-13/h3-4,6-11,15-16,20,23H,5H2,1-2H3/t15-,16-,20-/m0/s1. The first-order valence-corrected chi connectivity index (χ1v) is 9.30. The van der Waals surface area contributed by atoms with Crippen molar-refractivity contribution in [2.24, 2.45) is 5.92 Å². The summed E-state index contributed by atoms with van der Waals surface area (Å²) >= 11 is 3.51. The van der Waals surface area contributed by atoms with Gasteiger partial charge in [0.2, 0.25) is 0 Å². The van der Waals surface area contributed by atoms with Crippen molar-refractivity contribution in [3.8, 4) is 0 Å². The molecule has 0 radical (unpaired) electrons. The van der Waals surface area contributed by atoms with Crippen LogP contribution in [0.15, 0.2) is 53.0 Å². The van der Waals surface area contributed by atoms with Crippen molar-refractivity contribution in [2.75, 3.05) is 12.4 Å². The Morgan fingerprint density at radius 2 is 1.96 bits per heavy atom. The van der Waals surface area contributed by atoms with Gasteiger partial charge in [-0.25, -0.2) is 4.79 Å². The van der Waals surface area contributed by atoms with Crippen LogP contribution in [-0.4, -0.2) is 13.1 Å². The highest BCUT2D eigenvalue weighted by Gasteiger charge is 2.40. The van der Waals surface area contributed by atoms with Crippen LogP contribution in [0.1, 0.15) is 45.4 Å². The molecule has 2 aromatic carbocycles. The summed E-state index contributed by atoms with van der Waals surface area (Å²) in [6.07, 6.45) is 5.50. The van der Waals surface area contributed by atoms with E-state index < -0.39 is 0 Å². The summed E-state index contributed by atoms with van der Waals surface area (Å²) < 4.78 is 6.10. The Morgan fingerprint density at radius 1 is 1.20 bits per heavy atom. The van der Waals surface area contributed by atoms with Gasteiger partial charge in [0, 0.05) is 16.1 Å². The highest BCUT2D eigenvalue weighted by Crippen LogP contribution is 2.51. The predicted octanol–water partition coefficient (Wildman–Crippen LogP) is 5.37. The van der Waals surface area contributed by atoms with Crippen LogP contribution in [0.25, 0.3) is 0 Å². The van der Waals surface area contributed by atoms with Crippen LogP contribution >= 0.6 is 15.9 Å². The molecular weight excluding hydrogens is 378 g/mol. The number of carbonyl (C=O) groups is 1. The van der Waals surface area contributed by atoms with Gasteiger partial charge in [-0.2, -0.15) is 0 Å². The van der Waals surface area contributed by atoms with Gasteiger partial charge in [-0.15, -0.1) is 0 Å². The minimum absolute atomic E-state index is 0.229. The number of rotatable bonds is 2. The Hall–Kier alpha value is -2.07. The molecule has 1 aliphatic heterocycles. The van der Waals surface area contributed by atoms with E-state index in [0.717, 1.165) is 27.7 Å². The van der Waals surface area contributed by atoms with Gasteiger partial charge >= 0.3 is 5.97 Å². The van der Waals surface area contributed by atoms with Crippen LogP contribution in [0.5, 0.6) is 0 Å². The van der Waals surface area contributed by atoms with E-state index in [1.807, 2.05) is 12.1 Å². The second kappa shape index (κ2) is 6.34. The van der Waals surface area contributed by atoms with E-state index in [2.05, 4.69) is 64.6 Å². The summed E-state index contributed by atoms with van der Waals surface area (Å²) in [6.45, 7) is 2.09. The van der Waals surface area contributed by atoms with Crippen molar-refractivity contribution in [3.05, 3.63) is 75.3 Å². The second-order valence-corrected chi connectivity index (χ2v) is 7.65. The lowest BCUT2D eigenvalue weighted by atomic mass is 9.75. The monoisotopic (exact) mass is 397 g/mol. The molecule has 0 unspecified atom stereocenters. The Morgan fingerprint density at radius 3 is 2.68 bits per heavy atom. The smallest absolute Gasteiger partial charge is 0.338 e. The third kappa shape index (κ3) is 2.69. The molecule has 128 valence electrons. The molecular formula is C21H20BrNO2. The normalized spacial score (nSPS) is 23.6. The van der Waals surface area contributed by atoms with Crippen molar-refractivity contribution in [1.82, 2.24) is 0 Å². The van der Waals surface area contributed by atoms with Crippen molar-refractivity contribution in [3.63, 3.8) is 0 Å². The Balaban J connectivity index is 1.85. The summed E-state index contributed by atoms with van der Waals surface area (Å²) in [4.78, 5) is 12.3. The van der Waals surface area contributed by atoms with Crippen LogP contribution < -0.4 is 5.32 Å². The fourth-order valence-electron chi connectivity index (χ4n) is 4.14. The number of nitrogens with one attached hydrogen (secondary N) is 1. The molecule has 1 aliphatic carbocycles. The summed E-state index contributed by atoms with van der Waals surface area (Å²) in [5.74, 6) is 0.372. The molecule has 0 fully saturated rings. The fraction of sp³-hybridized carbons (Fsp3) is 0.286. The lowest BCUT2D eigenvalue weighted by Crippen LogP contribution is -2.31. The molecule has 1 N–H and O–H groups in total. The van der Waals surface area contributed by atoms with Gasteiger partial charge < -0.3 is 10.1 Å². The second-order valence-electron chi connectivity index (χ2n) is 6.74. The molecule has 2 aromatic rings. The third-order valence-electron chi connectivity index (χ3n) is 5.36. The van der Waals surface area contributed by atoms with Crippen molar-refractivity contribution < 1.29 is 9.53 Å². The van der Waals surface area contributed by atoms with E-state index in [1.54, 1.807) is 0 Å². The van der Waals surface area contributed by atoms with E-state index >= 15 is 0 Å². The average molecular weight is 398 g/mol. The number of esters is 1. The molecule has 0 aromatic heterocycles. The summed E-state index contributed by atoms with van der Waals surface area (Å²) in [7, 11) is 1.44. The number of fused-ring (bicyclic) bond motifs is 3. The van der Waals surface area contributed by atoms with Crippen molar-refractivity contribution >= 4 is 27.6 Å². The SMILES string of the molecule is COC(=O)c1ccc(C)c2c1[C@H]1C=CC[C@@H]1[C@H](c1ccc(Br)cc1)N2. The van der Waals surface area contributed by atoms with Gasteiger partial charge in [0.25, 0.3) is 0 Å². The third-order valence-corrected chi connectivity index (χ3v) is 5.89. The maximum atomic E-state index is 12.3. The topological polar surface area (TPSA) is 38.3 Å². The van der Waals surface area contributed by atoms with Gasteiger partial charge in [0.05, 0.1) is 18.7 Å². The number of halogens is 1. The van der Waals surface area contributed by atoms with E-state index in [4.69, 9.17) is 4.74 Å². The first-order chi connectivity index (χ1) is 12.1. The number of hydrogen-bond donors (Lipinski definition) is 1. The van der Waals surface area contributed by atoms with Gasteiger partial charge in [0.15, 0.2) is 0 Å². The number of allylic oxidation sites excluding steroid dienone is 2. The van der Waals surface area contributed by atoms with E-state index in [-0.39, 0.29) is 17.9 Å². The highest BCUT2D eigenvalue weighted by molar-refractivity contribution is 9.10. The van der Waals surface area contributed by atoms with E-state index in [9.17, 15) is 4.79 Å². The van der Waals surface area contributed by atoms with Gasteiger partial charge in [-0.1, -0.05) is 46.3 Å². The van der Waals surface area contributed by atoms with Crippen LogP contribution in [0.2, 0.25) is 0 Å². The minimum atomic E-state index is -0.265. The molecule has 3 atom stereocenters. The molecule has 0 saturated heterocycles. The molecule has 4 heteroatoms. The maximum absolute atomic E-state index is 12.3. The Kier molecular flexibility index (Phi) is 4.16. The Bertz CT molecular complexity index is 857. The minimum Gasteiger partial charge on any atom is -0.465 e. The molecule has 3 nitrogen and oxygen atoms in total. The number of ether oxygens (including phenoxy) is 1. The number of methoxy groups -OCH3 is 1. The molecule has 0 bridgehead atoms. The molecule has 2 aliphatic rings. The fourth-order valence-corrected chi connectivity index (χ4v) is 4.41. The number of benzene rings is 2. The van der Waals surface area contributed by atoms with Gasteiger partial charge in [-0.3, -0.25) is 0 Å². The van der Waals surface area contributed by atoms with Crippen LogP contribution in [0, 0.1) is 12.8 Å². The first-order valence-electron chi connectivity index (χ1n) is 8.50. The average Bonchev–Trinajstić information content (AvgIpc) is 3.11. The molecule has 0 saturated carbocycles. The molecule has 0 amide bonds. The molecule has 1 heterocycles. The van der Waals surface area contributed by atoms with Gasteiger partial charge in [-0.05, 0) is 54.2 Å². The zero-order valence-electron chi connectivity index (χ0n) is 14.3. The summed E-state index contributed by atoms with van der Waals surface area (Å²) in [5, 5.41) is 3.73. The lowest BCUT2D eigenvalue weighted by Gasteiger charge is -2.39. The highest BCUT2D eigenvalue weighted by atomic mass is 79.9. The van der Waals surface area contributed by atoms with Gasteiger partial charge in [0.1, 0.15) is 0 Å². The predicted molar refractivity (Wildman–Crippen MR) is 103 cm³/mol. The molecule has 4 rings (SSSR count). The van der Waals surface area contributed by atoms with Crippen molar-refractivity contribution in [2.45, 2.75) is 25.3 Å². The molecule has 25 heavy (non-hydrogen) atoms. The van der Waals surface area contributed by atoms with Crippen LogP contribution in [0.4, 0.5) is 5.69 Å². The quantitative estimate of drug-likeness (QED) is 0.546. The van der Waals surface area contributed by atoms with Crippen LogP contribution in [0.3, 0.4) is 0 Å². The first kappa shape index (κ1) is 16.4. The summed E-state index contributed by atoms with van der Waals surface area (Å²) in [6, 6.07) is 12.6. The van der Waals surface area contributed by atoms with Crippen molar-refractivity contribution in [1.29, 1.82) is 0 Å². The number of aryl methyl sites for hydroxylation is 1. The summed E-state index contributed by atoms with van der Waals surface area (Å²) in [5.41, 5.74) is 5.26. The Labute approximate surface area is 156 Å². The largest absolute Gasteiger partial charge is 0.465 e. The van der Waals surface area contributed by atoms with E-state index in [0.29, 0.717) is 11.5 Å². The van der Waals surface area contributed by atoms with Crippen LogP contribution in [-0.2, 0) is 4.74 Å². The number of hydrogen-bond acceptors (Lipinski definition) is 3.